The van der Waals surface area contributed by atoms with E-state index in [0.29, 0.717) is 5.82 Å². The summed E-state index contributed by atoms with van der Waals surface area (Å²) in [6.45, 7) is 2.46. The van der Waals surface area contributed by atoms with Crippen LogP contribution in [0.3, 0.4) is 0 Å². The number of hydrogen-bond donors (Lipinski definition) is 2. The number of hydrogen-bond acceptors (Lipinski definition) is 4. The number of H-pyrrole nitrogens is 1. The summed E-state index contributed by atoms with van der Waals surface area (Å²) < 4.78 is 41.1. The van der Waals surface area contributed by atoms with Crippen molar-refractivity contribution >= 4 is 16.9 Å². The number of fused-ring (bicyclic) bond motifs is 1. The van der Waals surface area contributed by atoms with Gasteiger partial charge in [0.2, 0.25) is 5.88 Å². The van der Waals surface area contributed by atoms with Crippen molar-refractivity contribution in [2.24, 2.45) is 5.92 Å². The second-order valence-corrected chi connectivity index (χ2v) is 6.62. The van der Waals surface area contributed by atoms with E-state index in [-0.39, 0.29) is 23.4 Å². The number of carbonyl (C=O) groups is 1. The SMILES string of the molecule is CC(C)C(NC(=O)c1ccc(OCC(F)(F)F)nc1)c1nc2ccccc2[nH]1. The molecule has 3 rings (SSSR count). The zero-order chi connectivity index (χ0) is 20.3. The van der Waals surface area contributed by atoms with Gasteiger partial charge in [-0.2, -0.15) is 13.2 Å². The highest BCUT2D eigenvalue weighted by Gasteiger charge is 2.28. The summed E-state index contributed by atoms with van der Waals surface area (Å²) in [6, 6.07) is 9.76. The monoisotopic (exact) mass is 392 g/mol. The van der Waals surface area contributed by atoms with E-state index in [4.69, 9.17) is 0 Å². The van der Waals surface area contributed by atoms with Gasteiger partial charge in [-0.25, -0.2) is 9.97 Å². The first-order chi connectivity index (χ1) is 13.2. The van der Waals surface area contributed by atoms with Crippen LogP contribution in [0.1, 0.15) is 36.1 Å². The Morgan fingerprint density at radius 1 is 1.21 bits per heavy atom. The smallest absolute Gasteiger partial charge is 0.422 e. The minimum absolute atomic E-state index is 0.0480. The first kappa shape index (κ1) is 19.7. The number of alkyl halides is 3. The lowest BCUT2D eigenvalue weighted by Gasteiger charge is -2.20. The van der Waals surface area contributed by atoms with Crippen LogP contribution >= 0.6 is 0 Å². The molecule has 148 valence electrons. The molecule has 0 spiro atoms. The second kappa shape index (κ2) is 7.87. The molecule has 0 radical (unpaired) electrons. The first-order valence-electron chi connectivity index (χ1n) is 8.64. The molecular weight excluding hydrogens is 373 g/mol. The molecule has 0 fully saturated rings. The Bertz CT molecular complexity index is 919. The maximum Gasteiger partial charge on any atom is 0.422 e. The summed E-state index contributed by atoms with van der Waals surface area (Å²) >= 11 is 0. The predicted octanol–water partition coefficient (Wildman–Crippen LogP) is 4.03. The fraction of sp³-hybridized carbons (Fsp3) is 0.316. The molecule has 0 aliphatic carbocycles. The number of aromatic amines is 1. The molecule has 2 heterocycles. The third-order valence-corrected chi connectivity index (χ3v) is 4.04. The second-order valence-electron chi connectivity index (χ2n) is 6.62. The van der Waals surface area contributed by atoms with E-state index in [1.54, 1.807) is 0 Å². The van der Waals surface area contributed by atoms with Crippen molar-refractivity contribution in [3.05, 3.63) is 54.0 Å². The molecule has 1 unspecified atom stereocenters. The number of nitrogens with zero attached hydrogens (tertiary/aromatic N) is 2. The third-order valence-electron chi connectivity index (χ3n) is 4.04. The number of para-hydroxylation sites is 2. The molecule has 1 aromatic carbocycles. The third kappa shape index (κ3) is 4.79. The molecule has 3 aromatic rings. The number of aromatic nitrogens is 3. The van der Waals surface area contributed by atoms with Gasteiger partial charge in [-0.05, 0) is 24.1 Å². The number of pyridine rings is 1. The topological polar surface area (TPSA) is 79.9 Å². The van der Waals surface area contributed by atoms with Crippen molar-refractivity contribution in [3.8, 4) is 5.88 Å². The lowest BCUT2D eigenvalue weighted by Crippen LogP contribution is -2.32. The average Bonchev–Trinajstić information content (AvgIpc) is 3.07. The molecule has 6 nitrogen and oxygen atoms in total. The van der Waals surface area contributed by atoms with E-state index in [0.717, 1.165) is 11.0 Å². The highest BCUT2D eigenvalue weighted by Crippen LogP contribution is 2.23. The summed E-state index contributed by atoms with van der Waals surface area (Å²) in [5, 5.41) is 2.89. The van der Waals surface area contributed by atoms with Crippen LogP contribution in [0.5, 0.6) is 5.88 Å². The van der Waals surface area contributed by atoms with Crippen LogP contribution in [0, 0.1) is 5.92 Å². The van der Waals surface area contributed by atoms with Crippen LogP contribution < -0.4 is 10.1 Å². The van der Waals surface area contributed by atoms with E-state index in [2.05, 4.69) is 25.0 Å². The van der Waals surface area contributed by atoms with Gasteiger partial charge in [-0.15, -0.1) is 0 Å². The highest BCUT2D eigenvalue weighted by molar-refractivity contribution is 5.94. The van der Waals surface area contributed by atoms with Crippen LogP contribution in [-0.4, -0.2) is 33.6 Å². The lowest BCUT2D eigenvalue weighted by molar-refractivity contribution is -0.154. The fourth-order valence-electron chi connectivity index (χ4n) is 2.65. The molecule has 0 aliphatic heterocycles. The molecule has 0 aliphatic rings. The molecule has 1 atom stereocenters. The Morgan fingerprint density at radius 2 is 1.96 bits per heavy atom. The van der Waals surface area contributed by atoms with Crippen molar-refractivity contribution in [1.29, 1.82) is 0 Å². The van der Waals surface area contributed by atoms with Crippen molar-refractivity contribution in [2.45, 2.75) is 26.1 Å². The van der Waals surface area contributed by atoms with E-state index in [1.165, 1.54) is 18.3 Å². The molecular formula is C19H19F3N4O2. The van der Waals surface area contributed by atoms with Gasteiger partial charge >= 0.3 is 6.18 Å². The van der Waals surface area contributed by atoms with Crippen molar-refractivity contribution < 1.29 is 22.7 Å². The number of ether oxygens (including phenoxy) is 1. The quantitative estimate of drug-likeness (QED) is 0.664. The maximum atomic E-state index is 12.6. The average molecular weight is 392 g/mol. The number of benzene rings is 1. The van der Waals surface area contributed by atoms with Gasteiger partial charge in [0, 0.05) is 12.3 Å². The number of imidazole rings is 1. The van der Waals surface area contributed by atoms with Gasteiger partial charge in [-0.1, -0.05) is 26.0 Å². The molecule has 9 heteroatoms. The Kier molecular flexibility index (Phi) is 5.53. The minimum atomic E-state index is -4.45. The van der Waals surface area contributed by atoms with Crippen LogP contribution in [-0.2, 0) is 0 Å². The molecule has 0 bridgehead atoms. The maximum absolute atomic E-state index is 12.6. The zero-order valence-electron chi connectivity index (χ0n) is 15.2. The van der Waals surface area contributed by atoms with Gasteiger partial charge in [0.15, 0.2) is 6.61 Å². The summed E-state index contributed by atoms with van der Waals surface area (Å²) in [4.78, 5) is 24.1. The largest absolute Gasteiger partial charge is 0.468 e. The zero-order valence-corrected chi connectivity index (χ0v) is 15.2. The van der Waals surface area contributed by atoms with Gasteiger partial charge in [-0.3, -0.25) is 4.79 Å². The van der Waals surface area contributed by atoms with Gasteiger partial charge < -0.3 is 15.0 Å². The molecule has 28 heavy (non-hydrogen) atoms. The summed E-state index contributed by atoms with van der Waals surface area (Å²) in [6.07, 6.45) is -3.27. The minimum Gasteiger partial charge on any atom is -0.468 e. The molecule has 0 saturated heterocycles. The Balaban J connectivity index is 1.72. The standard InChI is InChI=1S/C19H19F3N4O2/c1-11(2)16(17-24-13-5-3-4-6-14(13)25-17)26-18(27)12-7-8-15(23-9-12)28-10-19(20,21)22/h3-9,11,16H,10H2,1-2H3,(H,24,25)(H,26,27). The van der Waals surface area contributed by atoms with Crippen molar-refractivity contribution in [2.75, 3.05) is 6.61 Å². The Morgan fingerprint density at radius 3 is 2.57 bits per heavy atom. The van der Waals surface area contributed by atoms with E-state index >= 15 is 0 Å². The van der Waals surface area contributed by atoms with E-state index in [9.17, 15) is 18.0 Å². The highest BCUT2D eigenvalue weighted by atomic mass is 19.4. The van der Waals surface area contributed by atoms with Gasteiger partial charge in [0.25, 0.3) is 5.91 Å². The van der Waals surface area contributed by atoms with Crippen LogP contribution in [0.4, 0.5) is 13.2 Å². The van der Waals surface area contributed by atoms with Crippen LogP contribution in [0.2, 0.25) is 0 Å². The lowest BCUT2D eigenvalue weighted by atomic mass is 10.0. The number of carbonyl (C=O) groups excluding carboxylic acids is 1. The normalized spacial score (nSPS) is 12.9. The summed E-state index contributed by atoms with van der Waals surface area (Å²) in [5.41, 5.74) is 1.87. The molecule has 2 N–H and O–H groups in total. The summed E-state index contributed by atoms with van der Waals surface area (Å²) in [7, 11) is 0. The Labute approximate surface area is 159 Å². The van der Waals surface area contributed by atoms with Crippen LogP contribution in [0.25, 0.3) is 11.0 Å². The van der Waals surface area contributed by atoms with Gasteiger partial charge in [0.1, 0.15) is 5.82 Å². The van der Waals surface area contributed by atoms with Crippen molar-refractivity contribution in [3.63, 3.8) is 0 Å². The molecule has 0 saturated carbocycles. The number of amides is 1. The number of rotatable bonds is 6. The molecule has 2 aromatic heterocycles. The fourth-order valence-corrected chi connectivity index (χ4v) is 2.65. The number of nitrogens with one attached hydrogen (secondary N) is 2. The van der Waals surface area contributed by atoms with E-state index < -0.39 is 18.7 Å². The van der Waals surface area contributed by atoms with Crippen molar-refractivity contribution in [1.82, 2.24) is 20.3 Å². The number of halogens is 3. The van der Waals surface area contributed by atoms with Crippen LogP contribution in [0.15, 0.2) is 42.6 Å². The molecule has 1 amide bonds. The Hall–Kier alpha value is -3.10. The van der Waals surface area contributed by atoms with Gasteiger partial charge in [0.05, 0.1) is 22.6 Å². The first-order valence-corrected chi connectivity index (χ1v) is 8.64. The van der Waals surface area contributed by atoms with E-state index in [1.807, 2.05) is 38.1 Å². The summed E-state index contributed by atoms with van der Waals surface area (Å²) in [5.74, 6) is 0.0649. The predicted molar refractivity (Wildman–Crippen MR) is 96.9 cm³/mol.